The lowest BCUT2D eigenvalue weighted by Gasteiger charge is -2.36. The Balaban J connectivity index is 2.02. The first-order valence-electron chi connectivity index (χ1n) is 7.19. The lowest BCUT2D eigenvalue weighted by molar-refractivity contribution is 0.0728. The molecule has 0 amide bonds. The molecule has 1 fully saturated rings. The highest BCUT2D eigenvalue weighted by Gasteiger charge is 2.33. The van der Waals surface area contributed by atoms with Crippen LogP contribution in [0.1, 0.15) is 51.0 Å². The fourth-order valence-electron chi connectivity index (χ4n) is 2.72. The van der Waals surface area contributed by atoms with Gasteiger partial charge in [0.05, 0.1) is 6.61 Å². The van der Waals surface area contributed by atoms with Crippen LogP contribution < -0.4 is 10.5 Å². The second kappa shape index (κ2) is 5.93. The molecule has 0 saturated heterocycles. The molecule has 0 heterocycles. The molecule has 106 valence electrons. The number of rotatable bonds is 4. The lowest BCUT2D eigenvalue weighted by atomic mass is 9.81. The topological polar surface area (TPSA) is 55.5 Å². The van der Waals surface area contributed by atoms with E-state index in [2.05, 4.69) is 26.0 Å². The maximum absolute atomic E-state index is 9.37. The zero-order valence-corrected chi connectivity index (χ0v) is 11.9. The quantitative estimate of drug-likeness (QED) is 0.878. The van der Waals surface area contributed by atoms with Gasteiger partial charge in [-0.2, -0.15) is 0 Å². The van der Waals surface area contributed by atoms with Crippen LogP contribution >= 0.6 is 0 Å². The van der Waals surface area contributed by atoms with Crippen LogP contribution in [-0.4, -0.2) is 23.4 Å². The molecule has 0 spiro atoms. The number of nitrogens with two attached hydrogens (primary N) is 1. The number of ether oxygens (including phenoxy) is 1. The van der Waals surface area contributed by atoms with Gasteiger partial charge in [0.15, 0.2) is 0 Å². The third-order valence-electron chi connectivity index (χ3n) is 3.98. The molecular formula is C16H25NO2. The highest BCUT2D eigenvalue weighted by molar-refractivity contribution is 5.30. The van der Waals surface area contributed by atoms with Crippen LogP contribution in [0.2, 0.25) is 0 Å². The van der Waals surface area contributed by atoms with Crippen LogP contribution in [0.25, 0.3) is 0 Å². The molecule has 1 saturated carbocycles. The molecule has 2 rings (SSSR count). The van der Waals surface area contributed by atoms with Gasteiger partial charge in [0, 0.05) is 12.0 Å². The fourth-order valence-corrected chi connectivity index (χ4v) is 2.72. The monoisotopic (exact) mass is 263 g/mol. The number of benzene rings is 1. The van der Waals surface area contributed by atoms with Gasteiger partial charge in [-0.3, -0.25) is 0 Å². The van der Waals surface area contributed by atoms with Crippen molar-refractivity contribution in [3.63, 3.8) is 0 Å². The van der Waals surface area contributed by atoms with Crippen molar-refractivity contribution in [2.45, 2.75) is 57.1 Å². The van der Waals surface area contributed by atoms with Crippen LogP contribution in [0.4, 0.5) is 0 Å². The first-order chi connectivity index (χ1) is 9.02. The standard InChI is InChI=1S/C16H25NO2/c1-12(2)13-5-3-6-14(9-13)19-15-7-4-8-16(17,10-15)11-18/h3,5-6,9,12,15,18H,4,7-8,10-11,17H2,1-2H3. The summed E-state index contributed by atoms with van der Waals surface area (Å²) in [7, 11) is 0. The zero-order chi connectivity index (χ0) is 13.9. The van der Waals surface area contributed by atoms with Crippen molar-refractivity contribution < 1.29 is 9.84 Å². The Morgan fingerprint density at radius 1 is 1.47 bits per heavy atom. The summed E-state index contributed by atoms with van der Waals surface area (Å²) in [5.41, 5.74) is 6.98. The van der Waals surface area contributed by atoms with E-state index in [0.717, 1.165) is 31.4 Å². The van der Waals surface area contributed by atoms with Crippen LogP contribution in [-0.2, 0) is 0 Å². The number of hydrogen-bond donors (Lipinski definition) is 2. The van der Waals surface area contributed by atoms with E-state index in [9.17, 15) is 5.11 Å². The van der Waals surface area contributed by atoms with Gasteiger partial charge >= 0.3 is 0 Å². The van der Waals surface area contributed by atoms with Crippen LogP contribution in [0.3, 0.4) is 0 Å². The molecule has 0 aromatic heterocycles. The molecule has 0 bridgehead atoms. The molecule has 2 atom stereocenters. The Morgan fingerprint density at radius 3 is 2.95 bits per heavy atom. The molecule has 3 heteroatoms. The number of hydrogen-bond acceptors (Lipinski definition) is 3. The SMILES string of the molecule is CC(C)c1cccc(OC2CCCC(N)(CO)C2)c1. The third-order valence-corrected chi connectivity index (χ3v) is 3.98. The van der Waals surface area contributed by atoms with Gasteiger partial charge in [0.25, 0.3) is 0 Å². The van der Waals surface area contributed by atoms with Crippen molar-refractivity contribution in [2.75, 3.05) is 6.61 Å². The number of aliphatic hydroxyl groups is 1. The van der Waals surface area contributed by atoms with E-state index in [-0.39, 0.29) is 12.7 Å². The van der Waals surface area contributed by atoms with Gasteiger partial charge in [-0.05, 0) is 42.9 Å². The van der Waals surface area contributed by atoms with Crippen molar-refractivity contribution >= 4 is 0 Å². The van der Waals surface area contributed by atoms with Gasteiger partial charge in [-0.15, -0.1) is 0 Å². The minimum atomic E-state index is -0.460. The Morgan fingerprint density at radius 2 is 2.26 bits per heavy atom. The van der Waals surface area contributed by atoms with Gasteiger partial charge in [-0.1, -0.05) is 26.0 Å². The molecule has 0 radical (unpaired) electrons. The number of aliphatic hydroxyl groups excluding tert-OH is 1. The average molecular weight is 263 g/mol. The van der Waals surface area contributed by atoms with E-state index in [1.54, 1.807) is 0 Å². The zero-order valence-electron chi connectivity index (χ0n) is 11.9. The van der Waals surface area contributed by atoms with Crippen LogP contribution in [0.15, 0.2) is 24.3 Å². The molecule has 1 aromatic carbocycles. The Labute approximate surface area is 115 Å². The van der Waals surface area contributed by atoms with Crippen LogP contribution in [0, 0.1) is 0 Å². The molecule has 1 aromatic rings. The summed E-state index contributed by atoms with van der Waals surface area (Å²) in [4.78, 5) is 0. The predicted octanol–water partition coefficient (Wildman–Crippen LogP) is 2.82. The van der Waals surface area contributed by atoms with Crippen molar-refractivity contribution in [3.8, 4) is 5.75 Å². The molecule has 0 aliphatic heterocycles. The Bertz CT molecular complexity index is 419. The van der Waals surface area contributed by atoms with E-state index < -0.39 is 5.54 Å². The molecular weight excluding hydrogens is 238 g/mol. The van der Waals surface area contributed by atoms with E-state index in [1.807, 2.05) is 12.1 Å². The second-order valence-electron chi connectivity index (χ2n) is 6.08. The molecule has 19 heavy (non-hydrogen) atoms. The van der Waals surface area contributed by atoms with E-state index >= 15 is 0 Å². The summed E-state index contributed by atoms with van der Waals surface area (Å²) in [6.45, 7) is 4.39. The van der Waals surface area contributed by atoms with Crippen LogP contribution in [0.5, 0.6) is 5.75 Å². The van der Waals surface area contributed by atoms with Crippen molar-refractivity contribution in [1.82, 2.24) is 0 Å². The molecule has 3 N–H and O–H groups in total. The predicted molar refractivity (Wildman–Crippen MR) is 77.4 cm³/mol. The maximum atomic E-state index is 9.37. The summed E-state index contributed by atoms with van der Waals surface area (Å²) < 4.78 is 6.05. The highest BCUT2D eigenvalue weighted by atomic mass is 16.5. The smallest absolute Gasteiger partial charge is 0.120 e. The Kier molecular flexibility index (Phi) is 4.48. The summed E-state index contributed by atoms with van der Waals surface area (Å²) in [6.07, 6.45) is 3.77. The van der Waals surface area contributed by atoms with Crippen molar-refractivity contribution in [1.29, 1.82) is 0 Å². The minimum Gasteiger partial charge on any atom is -0.490 e. The largest absolute Gasteiger partial charge is 0.490 e. The van der Waals surface area contributed by atoms with Crippen molar-refractivity contribution in [3.05, 3.63) is 29.8 Å². The maximum Gasteiger partial charge on any atom is 0.120 e. The van der Waals surface area contributed by atoms with Gasteiger partial charge in [0.1, 0.15) is 11.9 Å². The lowest BCUT2D eigenvalue weighted by Crippen LogP contribution is -2.50. The highest BCUT2D eigenvalue weighted by Crippen LogP contribution is 2.30. The van der Waals surface area contributed by atoms with Gasteiger partial charge in [-0.25, -0.2) is 0 Å². The normalized spacial score (nSPS) is 27.5. The average Bonchev–Trinajstić information content (AvgIpc) is 2.39. The second-order valence-corrected chi connectivity index (χ2v) is 6.08. The first-order valence-corrected chi connectivity index (χ1v) is 7.19. The van der Waals surface area contributed by atoms with E-state index in [4.69, 9.17) is 10.5 Å². The third kappa shape index (κ3) is 3.71. The minimum absolute atomic E-state index is 0.0406. The van der Waals surface area contributed by atoms with Crippen molar-refractivity contribution in [2.24, 2.45) is 5.73 Å². The first kappa shape index (κ1) is 14.4. The van der Waals surface area contributed by atoms with Gasteiger partial charge in [0.2, 0.25) is 0 Å². The molecule has 1 aliphatic carbocycles. The van der Waals surface area contributed by atoms with E-state index in [1.165, 1.54) is 5.56 Å². The summed E-state index contributed by atoms with van der Waals surface area (Å²) >= 11 is 0. The van der Waals surface area contributed by atoms with Gasteiger partial charge < -0.3 is 15.6 Å². The molecule has 3 nitrogen and oxygen atoms in total. The molecule has 2 unspecified atom stereocenters. The molecule has 1 aliphatic rings. The summed E-state index contributed by atoms with van der Waals surface area (Å²) in [5, 5.41) is 9.37. The fraction of sp³-hybridized carbons (Fsp3) is 0.625. The summed E-state index contributed by atoms with van der Waals surface area (Å²) in [5.74, 6) is 1.42. The Hall–Kier alpha value is -1.06. The summed E-state index contributed by atoms with van der Waals surface area (Å²) in [6, 6.07) is 8.27. The van der Waals surface area contributed by atoms with E-state index in [0.29, 0.717) is 5.92 Å².